The standard InChI is InChI=1S/C15H23N2OSi/c1-13-6-8-14(9-7-13)15(18-19(3,4)5)17(2)11-10-16-12-17/h6-12,15H,1-5H3/q+1. The van der Waals surface area contributed by atoms with E-state index in [0.717, 1.165) is 0 Å². The molecule has 1 aromatic carbocycles. The lowest BCUT2D eigenvalue weighted by Crippen LogP contribution is -2.45. The van der Waals surface area contributed by atoms with Gasteiger partial charge in [0.05, 0.1) is 13.2 Å². The number of hydrogen-bond acceptors (Lipinski definition) is 2. The Morgan fingerprint density at radius 1 is 1.16 bits per heavy atom. The SMILES string of the molecule is Cc1ccc(C(O[Si](C)(C)C)[N+]2(C)C=CN=C2)cc1. The number of hydrogen-bond donors (Lipinski definition) is 0. The second-order valence-corrected chi connectivity index (χ2v) is 10.7. The number of benzene rings is 1. The van der Waals surface area contributed by atoms with E-state index in [-0.39, 0.29) is 6.23 Å². The van der Waals surface area contributed by atoms with Crippen molar-refractivity contribution in [2.24, 2.45) is 4.99 Å². The Hall–Kier alpha value is -1.23. The largest absolute Gasteiger partial charge is 0.367 e. The van der Waals surface area contributed by atoms with E-state index in [2.05, 4.69) is 69.1 Å². The van der Waals surface area contributed by atoms with Crippen LogP contribution in [0.15, 0.2) is 41.7 Å². The quantitative estimate of drug-likeness (QED) is 0.605. The summed E-state index contributed by atoms with van der Waals surface area (Å²) in [5.74, 6) is 0. The van der Waals surface area contributed by atoms with Crippen molar-refractivity contribution in [2.75, 3.05) is 7.05 Å². The van der Waals surface area contributed by atoms with Gasteiger partial charge in [-0.05, 0) is 26.6 Å². The highest BCUT2D eigenvalue weighted by atomic mass is 28.4. The van der Waals surface area contributed by atoms with Gasteiger partial charge in [-0.1, -0.05) is 29.8 Å². The summed E-state index contributed by atoms with van der Waals surface area (Å²) < 4.78 is 7.00. The van der Waals surface area contributed by atoms with Crippen molar-refractivity contribution in [2.45, 2.75) is 32.8 Å². The van der Waals surface area contributed by atoms with Crippen molar-refractivity contribution in [1.29, 1.82) is 0 Å². The summed E-state index contributed by atoms with van der Waals surface area (Å²) in [6.07, 6.45) is 5.83. The summed E-state index contributed by atoms with van der Waals surface area (Å²) in [5, 5.41) is 0. The van der Waals surface area contributed by atoms with Crippen molar-refractivity contribution in [3.05, 3.63) is 47.8 Å². The first-order chi connectivity index (χ1) is 8.80. The van der Waals surface area contributed by atoms with Crippen LogP contribution in [0.3, 0.4) is 0 Å². The van der Waals surface area contributed by atoms with E-state index in [1.54, 1.807) is 0 Å². The van der Waals surface area contributed by atoms with Crippen molar-refractivity contribution in [1.82, 2.24) is 0 Å². The Morgan fingerprint density at radius 3 is 2.26 bits per heavy atom. The Bertz CT molecular complexity index is 488. The van der Waals surface area contributed by atoms with Crippen LogP contribution in [0.2, 0.25) is 19.6 Å². The van der Waals surface area contributed by atoms with Crippen LogP contribution < -0.4 is 0 Å². The van der Waals surface area contributed by atoms with E-state index < -0.39 is 8.32 Å². The van der Waals surface area contributed by atoms with Crippen LogP contribution in [0, 0.1) is 6.92 Å². The summed E-state index contributed by atoms with van der Waals surface area (Å²) in [4.78, 5) is 4.23. The molecule has 1 aliphatic rings. The van der Waals surface area contributed by atoms with Gasteiger partial charge in [-0.3, -0.25) is 0 Å². The lowest BCUT2D eigenvalue weighted by molar-refractivity contribution is -0.818. The number of rotatable bonds is 4. The van der Waals surface area contributed by atoms with Crippen molar-refractivity contribution < 1.29 is 8.91 Å². The van der Waals surface area contributed by atoms with E-state index in [1.165, 1.54) is 11.1 Å². The van der Waals surface area contributed by atoms with Gasteiger partial charge < -0.3 is 4.43 Å². The Balaban J connectivity index is 2.37. The minimum Gasteiger partial charge on any atom is -0.367 e. The predicted molar refractivity (Wildman–Crippen MR) is 82.2 cm³/mol. The van der Waals surface area contributed by atoms with Gasteiger partial charge in [0.1, 0.15) is 6.20 Å². The second-order valence-electron chi connectivity index (χ2n) is 6.28. The first-order valence-electron chi connectivity index (χ1n) is 6.62. The molecule has 2 rings (SSSR count). The molecule has 2 atom stereocenters. The molecule has 0 fully saturated rings. The first-order valence-corrected chi connectivity index (χ1v) is 10.0. The smallest absolute Gasteiger partial charge is 0.220 e. The van der Waals surface area contributed by atoms with Crippen LogP contribution in [0.4, 0.5) is 0 Å². The molecule has 2 unspecified atom stereocenters. The highest BCUT2D eigenvalue weighted by Crippen LogP contribution is 2.32. The molecule has 0 saturated carbocycles. The molecule has 0 saturated heterocycles. The molecule has 0 spiro atoms. The summed E-state index contributed by atoms with van der Waals surface area (Å²) >= 11 is 0. The van der Waals surface area contributed by atoms with Crippen molar-refractivity contribution in [3.63, 3.8) is 0 Å². The maximum Gasteiger partial charge on any atom is 0.220 e. The summed E-state index contributed by atoms with van der Waals surface area (Å²) in [5.41, 5.74) is 2.47. The molecule has 0 aromatic heterocycles. The van der Waals surface area contributed by atoms with Crippen LogP contribution >= 0.6 is 0 Å². The van der Waals surface area contributed by atoms with Crippen LogP contribution in [0.1, 0.15) is 17.4 Å². The number of aliphatic imine (C=N–C) groups is 1. The zero-order chi connectivity index (χ0) is 14.1. The minimum atomic E-state index is -1.64. The van der Waals surface area contributed by atoms with Crippen molar-refractivity contribution >= 4 is 14.7 Å². The molecule has 4 heteroatoms. The molecule has 0 amide bonds. The minimum absolute atomic E-state index is 0.0187. The fraction of sp³-hybridized carbons (Fsp3) is 0.400. The molecule has 102 valence electrons. The van der Waals surface area contributed by atoms with Gasteiger partial charge in [-0.2, -0.15) is 0 Å². The van der Waals surface area contributed by atoms with Crippen molar-refractivity contribution in [3.8, 4) is 0 Å². The van der Waals surface area contributed by atoms with Crippen LogP contribution in [0.25, 0.3) is 0 Å². The average Bonchev–Trinajstić information content (AvgIpc) is 2.74. The van der Waals surface area contributed by atoms with E-state index in [9.17, 15) is 0 Å². The fourth-order valence-electron chi connectivity index (χ4n) is 2.11. The molecule has 1 aliphatic heterocycles. The zero-order valence-corrected chi connectivity index (χ0v) is 13.4. The molecular formula is C15H23N2OSi+. The lowest BCUT2D eigenvalue weighted by Gasteiger charge is -2.36. The Morgan fingerprint density at radius 2 is 1.79 bits per heavy atom. The maximum absolute atomic E-state index is 6.42. The average molecular weight is 275 g/mol. The lowest BCUT2D eigenvalue weighted by atomic mass is 10.1. The zero-order valence-electron chi connectivity index (χ0n) is 12.4. The maximum atomic E-state index is 6.42. The molecule has 0 bridgehead atoms. The van der Waals surface area contributed by atoms with Gasteiger partial charge >= 0.3 is 0 Å². The molecule has 0 aliphatic carbocycles. The summed E-state index contributed by atoms with van der Waals surface area (Å²) in [7, 11) is 0.480. The van der Waals surface area contributed by atoms with E-state index in [4.69, 9.17) is 4.43 Å². The topological polar surface area (TPSA) is 21.6 Å². The van der Waals surface area contributed by atoms with Gasteiger partial charge in [-0.15, -0.1) is 0 Å². The normalized spacial score (nSPS) is 23.8. The predicted octanol–water partition coefficient (Wildman–Crippen LogP) is 3.80. The monoisotopic (exact) mass is 275 g/mol. The van der Waals surface area contributed by atoms with Gasteiger partial charge in [-0.25, -0.2) is 9.48 Å². The third-order valence-electron chi connectivity index (χ3n) is 3.12. The fourth-order valence-corrected chi connectivity index (χ4v) is 3.14. The van der Waals surface area contributed by atoms with Crippen LogP contribution in [-0.4, -0.2) is 26.2 Å². The van der Waals surface area contributed by atoms with Gasteiger partial charge in [0.2, 0.25) is 6.23 Å². The van der Waals surface area contributed by atoms with Crippen LogP contribution in [0.5, 0.6) is 0 Å². The molecule has 1 heterocycles. The molecule has 3 nitrogen and oxygen atoms in total. The third kappa shape index (κ3) is 3.41. The Kier molecular flexibility index (Phi) is 3.76. The highest BCUT2D eigenvalue weighted by molar-refractivity contribution is 6.69. The summed E-state index contributed by atoms with van der Waals surface area (Å²) in [6, 6.07) is 8.59. The molecule has 0 N–H and O–H groups in total. The number of quaternary nitrogens is 1. The molecule has 0 radical (unpaired) electrons. The Labute approximate surface area is 117 Å². The van der Waals surface area contributed by atoms with E-state index in [1.807, 2.05) is 12.5 Å². The molecule has 1 aromatic rings. The molecular weight excluding hydrogens is 252 g/mol. The molecule has 19 heavy (non-hydrogen) atoms. The first kappa shape index (κ1) is 14.2. The van der Waals surface area contributed by atoms with Gasteiger partial charge in [0.25, 0.3) is 0 Å². The summed E-state index contributed by atoms with van der Waals surface area (Å²) in [6.45, 7) is 8.76. The van der Waals surface area contributed by atoms with Gasteiger partial charge in [0.15, 0.2) is 14.7 Å². The van der Waals surface area contributed by atoms with E-state index >= 15 is 0 Å². The van der Waals surface area contributed by atoms with E-state index in [0.29, 0.717) is 4.48 Å². The highest BCUT2D eigenvalue weighted by Gasteiger charge is 2.37. The third-order valence-corrected chi connectivity index (χ3v) is 4.05. The number of aryl methyl sites for hydroxylation is 1. The second kappa shape index (κ2) is 5.04. The number of nitrogens with zero attached hydrogens (tertiary/aromatic N) is 2. The van der Waals surface area contributed by atoms with Crippen LogP contribution in [-0.2, 0) is 4.43 Å². The van der Waals surface area contributed by atoms with Gasteiger partial charge in [0, 0.05) is 5.56 Å².